The van der Waals surface area contributed by atoms with E-state index in [4.69, 9.17) is 28.9 Å². The molecule has 0 saturated carbocycles. The molecule has 0 bridgehead atoms. The van der Waals surface area contributed by atoms with Crippen LogP contribution in [-0.2, 0) is 0 Å². The highest BCUT2D eigenvalue weighted by molar-refractivity contribution is 6.33. The van der Waals surface area contributed by atoms with E-state index in [0.717, 1.165) is 5.69 Å². The predicted octanol–water partition coefficient (Wildman–Crippen LogP) is 3.07. The number of aromatic nitrogens is 2. The second-order valence-electron chi connectivity index (χ2n) is 3.18. The molecule has 2 aromatic rings. The number of para-hydroxylation sites is 1. The number of hydrogen-bond acceptors (Lipinski definition) is 2. The van der Waals surface area contributed by atoms with Crippen LogP contribution in [-0.4, -0.2) is 9.78 Å². The maximum atomic E-state index is 6.04. The molecule has 0 aliphatic carbocycles. The Kier molecular flexibility index (Phi) is 2.59. The molecule has 0 aliphatic rings. The van der Waals surface area contributed by atoms with Gasteiger partial charge in [0.15, 0.2) is 0 Å². The van der Waals surface area contributed by atoms with Gasteiger partial charge in [-0.05, 0) is 19.1 Å². The van der Waals surface area contributed by atoms with Crippen LogP contribution in [0.25, 0.3) is 5.69 Å². The van der Waals surface area contributed by atoms with Crippen molar-refractivity contribution in [3.05, 3.63) is 40.1 Å². The number of halogens is 2. The molecule has 78 valence electrons. The van der Waals surface area contributed by atoms with Crippen molar-refractivity contribution in [2.75, 3.05) is 5.73 Å². The Hall–Kier alpha value is -1.19. The minimum absolute atomic E-state index is 0.550. The molecule has 2 rings (SSSR count). The van der Waals surface area contributed by atoms with Crippen LogP contribution in [0.2, 0.25) is 10.0 Å². The lowest BCUT2D eigenvalue weighted by atomic mass is 10.3. The molecule has 1 aromatic heterocycles. The lowest BCUT2D eigenvalue weighted by molar-refractivity contribution is 0.865. The quantitative estimate of drug-likeness (QED) is 0.781. The number of hydrogen-bond donors (Lipinski definition) is 1. The molecule has 0 atom stereocenters. The lowest BCUT2D eigenvalue weighted by Gasteiger charge is -2.06. The molecule has 5 heteroatoms. The SMILES string of the molecule is Cc1nn(-c2c(N)cccc2Cl)cc1Cl. The minimum Gasteiger partial charge on any atom is -0.397 e. The summed E-state index contributed by atoms with van der Waals surface area (Å²) in [7, 11) is 0. The van der Waals surface area contributed by atoms with Gasteiger partial charge in [0.1, 0.15) is 5.69 Å². The van der Waals surface area contributed by atoms with Crippen LogP contribution in [0.1, 0.15) is 5.69 Å². The molecule has 0 unspecified atom stereocenters. The zero-order valence-corrected chi connectivity index (χ0v) is 9.55. The average Bonchev–Trinajstić information content (AvgIpc) is 2.46. The molecular formula is C10H9Cl2N3. The first-order valence-electron chi connectivity index (χ1n) is 4.35. The number of aryl methyl sites for hydroxylation is 1. The summed E-state index contributed by atoms with van der Waals surface area (Å²) >= 11 is 12.0. The first-order valence-corrected chi connectivity index (χ1v) is 5.11. The van der Waals surface area contributed by atoms with Crippen molar-refractivity contribution in [3.63, 3.8) is 0 Å². The van der Waals surface area contributed by atoms with E-state index in [1.165, 1.54) is 0 Å². The Morgan fingerprint density at radius 3 is 2.53 bits per heavy atom. The fraction of sp³-hybridized carbons (Fsp3) is 0.100. The second kappa shape index (κ2) is 3.76. The van der Waals surface area contributed by atoms with Gasteiger partial charge in [-0.1, -0.05) is 29.3 Å². The molecule has 15 heavy (non-hydrogen) atoms. The van der Waals surface area contributed by atoms with Gasteiger partial charge < -0.3 is 5.73 Å². The molecule has 0 saturated heterocycles. The molecule has 0 fully saturated rings. The zero-order valence-electron chi connectivity index (χ0n) is 8.04. The minimum atomic E-state index is 0.550. The smallest absolute Gasteiger partial charge is 0.106 e. The monoisotopic (exact) mass is 241 g/mol. The molecule has 2 N–H and O–H groups in total. The van der Waals surface area contributed by atoms with Crippen molar-refractivity contribution in [2.24, 2.45) is 0 Å². The highest BCUT2D eigenvalue weighted by atomic mass is 35.5. The number of benzene rings is 1. The predicted molar refractivity (Wildman–Crippen MR) is 62.7 cm³/mol. The van der Waals surface area contributed by atoms with Crippen molar-refractivity contribution in [1.29, 1.82) is 0 Å². The molecule has 0 radical (unpaired) electrons. The van der Waals surface area contributed by atoms with E-state index in [1.807, 2.05) is 6.92 Å². The van der Waals surface area contributed by atoms with Crippen molar-refractivity contribution in [1.82, 2.24) is 9.78 Å². The zero-order chi connectivity index (χ0) is 11.0. The van der Waals surface area contributed by atoms with E-state index in [9.17, 15) is 0 Å². The standard InChI is InChI=1S/C10H9Cl2N3/c1-6-8(12)5-15(14-6)10-7(11)3-2-4-9(10)13/h2-5H,13H2,1H3. The maximum absolute atomic E-state index is 6.04. The number of nitrogens with two attached hydrogens (primary N) is 1. The molecule has 0 amide bonds. The maximum Gasteiger partial charge on any atom is 0.106 e. The van der Waals surface area contributed by atoms with E-state index >= 15 is 0 Å². The van der Waals surface area contributed by atoms with E-state index in [1.54, 1.807) is 29.1 Å². The largest absolute Gasteiger partial charge is 0.397 e. The van der Waals surface area contributed by atoms with Gasteiger partial charge >= 0.3 is 0 Å². The van der Waals surface area contributed by atoms with Gasteiger partial charge in [-0.25, -0.2) is 4.68 Å². The summed E-state index contributed by atoms with van der Waals surface area (Å²) in [5, 5.41) is 5.36. The van der Waals surface area contributed by atoms with Gasteiger partial charge in [0.05, 0.1) is 21.4 Å². The van der Waals surface area contributed by atoms with Gasteiger partial charge in [-0.2, -0.15) is 5.10 Å². The van der Waals surface area contributed by atoms with Gasteiger partial charge in [-0.3, -0.25) is 0 Å². The van der Waals surface area contributed by atoms with Gasteiger partial charge in [0.25, 0.3) is 0 Å². The van der Waals surface area contributed by atoms with Crippen LogP contribution in [0, 0.1) is 6.92 Å². The van der Waals surface area contributed by atoms with Crippen LogP contribution >= 0.6 is 23.2 Å². The van der Waals surface area contributed by atoms with Crippen LogP contribution in [0.15, 0.2) is 24.4 Å². The van der Waals surface area contributed by atoms with Gasteiger partial charge in [0.2, 0.25) is 0 Å². The highest BCUT2D eigenvalue weighted by Crippen LogP contribution is 2.27. The normalized spacial score (nSPS) is 10.6. The summed E-state index contributed by atoms with van der Waals surface area (Å²) in [6.45, 7) is 1.83. The number of anilines is 1. The molecule has 1 heterocycles. The van der Waals surface area contributed by atoms with E-state index < -0.39 is 0 Å². The summed E-state index contributed by atoms with van der Waals surface area (Å²) < 4.78 is 1.59. The topological polar surface area (TPSA) is 43.8 Å². The molecule has 0 aliphatic heterocycles. The number of nitrogens with zero attached hydrogens (tertiary/aromatic N) is 2. The lowest BCUT2D eigenvalue weighted by Crippen LogP contribution is -2.01. The summed E-state index contributed by atoms with van der Waals surface area (Å²) in [5.74, 6) is 0. The van der Waals surface area contributed by atoms with Gasteiger partial charge in [0, 0.05) is 6.20 Å². The first-order chi connectivity index (χ1) is 7.09. The summed E-state index contributed by atoms with van der Waals surface area (Å²) in [6.07, 6.45) is 1.69. The van der Waals surface area contributed by atoms with Crippen molar-refractivity contribution < 1.29 is 0 Å². The van der Waals surface area contributed by atoms with Crippen LogP contribution in [0.5, 0.6) is 0 Å². The Morgan fingerprint density at radius 2 is 2.00 bits per heavy atom. The fourth-order valence-corrected chi connectivity index (χ4v) is 1.73. The van der Waals surface area contributed by atoms with Gasteiger partial charge in [-0.15, -0.1) is 0 Å². The van der Waals surface area contributed by atoms with Crippen molar-refractivity contribution >= 4 is 28.9 Å². The molecular weight excluding hydrogens is 233 g/mol. The summed E-state index contributed by atoms with van der Waals surface area (Å²) in [5.41, 5.74) is 7.80. The summed E-state index contributed by atoms with van der Waals surface area (Å²) in [6, 6.07) is 5.32. The van der Waals surface area contributed by atoms with E-state index in [-0.39, 0.29) is 0 Å². The molecule has 1 aromatic carbocycles. The molecule has 0 spiro atoms. The van der Waals surface area contributed by atoms with Crippen LogP contribution in [0.4, 0.5) is 5.69 Å². The van der Waals surface area contributed by atoms with E-state index in [2.05, 4.69) is 5.10 Å². The number of nitrogen functional groups attached to an aromatic ring is 1. The third kappa shape index (κ3) is 1.80. The highest BCUT2D eigenvalue weighted by Gasteiger charge is 2.10. The van der Waals surface area contributed by atoms with E-state index in [0.29, 0.717) is 21.4 Å². The summed E-state index contributed by atoms with van der Waals surface area (Å²) in [4.78, 5) is 0. The average molecular weight is 242 g/mol. The Balaban J connectivity index is 2.63. The Bertz CT molecular complexity index is 466. The van der Waals surface area contributed by atoms with Crippen molar-refractivity contribution in [2.45, 2.75) is 6.92 Å². The Labute approximate surface area is 97.4 Å². The number of rotatable bonds is 1. The van der Waals surface area contributed by atoms with Crippen LogP contribution < -0.4 is 5.73 Å². The van der Waals surface area contributed by atoms with Crippen molar-refractivity contribution in [3.8, 4) is 5.69 Å². The van der Waals surface area contributed by atoms with Crippen LogP contribution in [0.3, 0.4) is 0 Å². The second-order valence-corrected chi connectivity index (χ2v) is 4.00. The third-order valence-electron chi connectivity index (χ3n) is 2.09. The fourth-order valence-electron chi connectivity index (χ4n) is 1.33. The molecule has 3 nitrogen and oxygen atoms in total. The third-order valence-corrected chi connectivity index (χ3v) is 2.76. The first kappa shape index (κ1) is 10.3. The Morgan fingerprint density at radius 1 is 1.27 bits per heavy atom.